The number of ether oxygens (including phenoxy) is 1. The summed E-state index contributed by atoms with van der Waals surface area (Å²) in [5.41, 5.74) is 3.65. The number of carbonyl (C=O) groups excluding carboxylic acids is 1. The molecule has 1 fully saturated rings. The van der Waals surface area contributed by atoms with Crippen molar-refractivity contribution in [3.8, 4) is 11.8 Å². The lowest BCUT2D eigenvalue weighted by molar-refractivity contribution is -0.115. The zero-order chi connectivity index (χ0) is 21.1. The molecule has 148 valence electrons. The van der Waals surface area contributed by atoms with E-state index in [-0.39, 0.29) is 12.5 Å². The van der Waals surface area contributed by atoms with E-state index in [2.05, 4.69) is 42.2 Å². The highest BCUT2D eigenvalue weighted by Crippen LogP contribution is 2.36. The van der Waals surface area contributed by atoms with Gasteiger partial charge in [-0.05, 0) is 88.6 Å². The van der Waals surface area contributed by atoms with Crippen LogP contribution in [0.5, 0.6) is 5.75 Å². The Bertz CT molecular complexity index is 1060. The number of hydrogen-bond donors (Lipinski definition) is 1. The first-order valence-electron chi connectivity index (χ1n) is 8.33. The van der Waals surface area contributed by atoms with Crippen molar-refractivity contribution < 1.29 is 9.53 Å². The minimum Gasteiger partial charge on any atom is -0.476 e. The quantitative estimate of drug-likeness (QED) is 0.451. The first-order valence-corrected chi connectivity index (χ1v) is 11.1. The van der Waals surface area contributed by atoms with Crippen LogP contribution < -0.4 is 10.1 Å². The molecular weight excluding hydrogens is 542 g/mol. The summed E-state index contributed by atoms with van der Waals surface area (Å²) < 4.78 is 6.96. The van der Waals surface area contributed by atoms with E-state index in [1.807, 2.05) is 32.0 Å². The molecule has 0 atom stereocenters. The third-order valence-electron chi connectivity index (χ3n) is 3.90. The molecule has 0 bridgehead atoms. The number of nitrogens with zero attached hydrogens (tertiary/aromatic N) is 2. The zero-order valence-electron chi connectivity index (χ0n) is 15.3. The first kappa shape index (κ1) is 21.9. The topological polar surface area (TPSA) is 74.5 Å². The lowest BCUT2D eigenvalue weighted by Gasteiger charge is -2.08. The first-order chi connectivity index (χ1) is 13.8. The molecule has 29 heavy (non-hydrogen) atoms. The Balaban J connectivity index is 1.85. The third-order valence-corrected chi connectivity index (χ3v) is 6.93. The fourth-order valence-electron chi connectivity index (χ4n) is 2.64. The molecular formula is C20H14Br2ClN3O2S. The van der Waals surface area contributed by atoms with Gasteiger partial charge in [0.15, 0.2) is 17.5 Å². The number of thioether (sulfide) groups is 1. The van der Waals surface area contributed by atoms with Crippen molar-refractivity contribution in [2.45, 2.75) is 13.8 Å². The molecule has 1 aliphatic heterocycles. The van der Waals surface area contributed by atoms with Gasteiger partial charge in [0.25, 0.3) is 5.91 Å². The van der Waals surface area contributed by atoms with E-state index in [1.165, 1.54) is 11.8 Å². The van der Waals surface area contributed by atoms with E-state index in [0.29, 0.717) is 25.3 Å². The second kappa shape index (κ2) is 9.35. The number of benzene rings is 2. The highest BCUT2D eigenvalue weighted by molar-refractivity contribution is 9.10. The monoisotopic (exact) mass is 553 g/mol. The number of nitriles is 1. The Morgan fingerprint density at radius 2 is 1.97 bits per heavy atom. The summed E-state index contributed by atoms with van der Waals surface area (Å²) in [6, 6.07) is 9.26. The van der Waals surface area contributed by atoms with Gasteiger partial charge in [-0.25, -0.2) is 4.99 Å². The average Bonchev–Trinajstić information content (AvgIpc) is 2.98. The van der Waals surface area contributed by atoms with E-state index in [4.69, 9.17) is 21.6 Å². The molecule has 5 nitrogen and oxygen atoms in total. The van der Waals surface area contributed by atoms with E-state index in [0.717, 1.165) is 26.9 Å². The van der Waals surface area contributed by atoms with Crippen LogP contribution in [0.3, 0.4) is 0 Å². The van der Waals surface area contributed by atoms with Gasteiger partial charge in [-0.1, -0.05) is 27.5 Å². The summed E-state index contributed by atoms with van der Waals surface area (Å²) >= 11 is 14.4. The summed E-state index contributed by atoms with van der Waals surface area (Å²) in [7, 11) is 0. The van der Waals surface area contributed by atoms with Crippen molar-refractivity contribution in [3.05, 3.63) is 59.8 Å². The molecule has 1 amide bonds. The lowest BCUT2D eigenvalue weighted by atomic mass is 10.1. The highest BCUT2D eigenvalue weighted by Gasteiger charge is 2.24. The van der Waals surface area contributed by atoms with Gasteiger partial charge in [-0.3, -0.25) is 4.79 Å². The summed E-state index contributed by atoms with van der Waals surface area (Å²) in [4.78, 5) is 17.4. The maximum atomic E-state index is 12.4. The van der Waals surface area contributed by atoms with Crippen LogP contribution in [0.25, 0.3) is 6.08 Å². The number of aliphatic imine (C=N–C) groups is 1. The molecule has 9 heteroatoms. The maximum absolute atomic E-state index is 12.4. The van der Waals surface area contributed by atoms with Crippen molar-refractivity contribution in [2.24, 2.45) is 4.99 Å². The largest absolute Gasteiger partial charge is 0.476 e. The van der Waals surface area contributed by atoms with Crippen LogP contribution in [0.1, 0.15) is 16.7 Å². The minimum absolute atomic E-state index is 0.105. The Labute approximate surface area is 194 Å². The fraction of sp³-hybridized carbons (Fsp3) is 0.150. The summed E-state index contributed by atoms with van der Waals surface area (Å²) in [5, 5.41) is 12.3. The lowest BCUT2D eigenvalue weighted by Crippen LogP contribution is -2.19. The number of carbonyl (C=O) groups is 1. The molecule has 0 aliphatic carbocycles. The molecule has 1 N–H and O–H groups in total. The van der Waals surface area contributed by atoms with Crippen molar-refractivity contribution in [1.82, 2.24) is 5.32 Å². The van der Waals surface area contributed by atoms with Crippen LogP contribution in [-0.2, 0) is 4.79 Å². The molecule has 0 unspecified atom stereocenters. The van der Waals surface area contributed by atoms with Gasteiger partial charge in [0.1, 0.15) is 6.07 Å². The number of hydrogen-bond acceptors (Lipinski definition) is 5. The van der Waals surface area contributed by atoms with Crippen molar-refractivity contribution in [2.75, 3.05) is 6.61 Å². The van der Waals surface area contributed by atoms with Gasteiger partial charge in [-0.2, -0.15) is 5.26 Å². The second-order valence-electron chi connectivity index (χ2n) is 6.14. The molecule has 3 rings (SSSR count). The Hall–Kier alpha value is -1.79. The number of nitrogens with one attached hydrogen (secondary N) is 1. The Kier molecular flexibility index (Phi) is 7.06. The van der Waals surface area contributed by atoms with Crippen LogP contribution >= 0.6 is 55.2 Å². The summed E-state index contributed by atoms with van der Waals surface area (Å²) in [6.45, 7) is 3.89. The van der Waals surface area contributed by atoms with E-state index < -0.39 is 0 Å². The predicted octanol–water partition coefficient (Wildman–Crippen LogP) is 6.28. The number of amides is 1. The van der Waals surface area contributed by atoms with Crippen molar-refractivity contribution >= 4 is 78.1 Å². The molecule has 0 spiro atoms. The summed E-state index contributed by atoms with van der Waals surface area (Å²) in [5.74, 6) is 0.165. The third kappa shape index (κ3) is 5.23. The smallest absolute Gasteiger partial charge is 0.264 e. The van der Waals surface area contributed by atoms with Crippen molar-refractivity contribution in [1.29, 1.82) is 5.26 Å². The van der Waals surface area contributed by atoms with Gasteiger partial charge in [-0.15, -0.1) is 0 Å². The van der Waals surface area contributed by atoms with Crippen LogP contribution in [0, 0.1) is 25.2 Å². The van der Waals surface area contributed by atoms with E-state index in [1.54, 1.807) is 18.2 Å². The number of aryl methyl sites for hydroxylation is 2. The normalized spacial score (nSPS) is 16.2. The van der Waals surface area contributed by atoms with Gasteiger partial charge in [0.2, 0.25) is 0 Å². The maximum Gasteiger partial charge on any atom is 0.264 e. The minimum atomic E-state index is -0.226. The standard InChI is InChI=1S/C20H14Br2ClN3O2S/c1-10-5-13(6-11(2)17(10)22)25-20-26-19(27)16(29-20)9-12-7-14(21)18(15(23)8-12)28-4-3-24/h5-9H,4H2,1-2H3,(H,25,26,27)/b16-9-. The second-order valence-corrected chi connectivity index (χ2v) is 9.22. The molecule has 0 aromatic heterocycles. The molecule has 2 aromatic carbocycles. The highest BCUT2D eigenvalue weighted by atomic mass is 79.9. The molecule has 1 saturated heterocycles. The summed E-state index contributed by atoms with van der Waals surface area (Å²) in [6.07, 6.45) is 1.73. The van der Waals surface area contributed by atoms with E-state index in [9.17, 15) is 4.79 Å². The van der Waals surface area contributed by atoms with Gasteiger partial charge >= 0.3 is 0 Å². The van der Waals surface area contributed by atoms with Crippen LogP contribution in [-0.4, -0.2) is 17.7 Å². The molecule has 2 aromatic rings. The van der Waals surface area contributed by atoms with Gasteiger partial charge < -0.3 is 10.1 Å². The predicted molar refractivity (Wildman–Crippen MR) is 125 cm³/mol. The number of amidine groups is 1. The van der Waals surface area contributed by atoms with E-state index >= 15 is 0 Å². The SMILES string of the molecule is Cc1cc(N=C2NC(=O)/C(=C/c3cc(Cl)c(OCC#N)c(Br)c3)S2)cc(C)c1Br. The molecule has 1 aliphatic rings. The molecule has 0 radical (unpaired) electrons. The zero-order valence-corrected chi connectivity index (χ0v) is 20.1. The Morgan fingerprint density at radius 1 is 1.28 bits per heavy atom. The van der Waals surface area contributed by atoms with Gasteiger partial charge in [0.05, 0.1) is 20.1 Å². The Morgan fingerprint density at radius 3 is 2.59 bits per heavy atom. The number of rotatable bonds is 4. The van der Waals surface area contributed by atoms with Crippen LogP contribution in [0.2, 0.25) is 5.02 Å². The molecule has 1 heterocycles. The average molecular weight is 556 g/mol. The van der Waals surface area contributed by atoms with Crippen LogP contribution in [0.15, 0.2) is 43.1 Å². The van der Waals surface area contributed by atoms with Crippen molar-refractivity contribution in [3.63, 3.8) is 0 Å². The number of halogens is 3. The van der Waals surface area contributed by atoms with Crippen LogP contribution in [0.4, 0.5) is 5.69 Å². The molecule has 0 saturated carbocycles. The van der Waals surface area contributed by atoms with Gasteiger partial charge in [0, 0.05) is 4.47 Å². The fourth-order valence-corrected chi connectivity index (χ4v) is 4.70.